The van der Waals surface area contributed by atoms with E-state index in [0.717, 1.165) is 11.1 Å². The summed E-state index contributed by atoms with van der Waals surface area (Å²) >= 11 is 0. The minimum atomic E-state index is -0.417. The van der Waals surface area contributed by atoms with Gasteiger partial charge in [0.25, 0.3) is 0 Å². The molecule has 1 aromatic rings. The van der Waals surface area contributed by atoms with E-state index < -0.39 is 5.41 Å². The van der Waals surface area contributed by atoms with Gasteiger partial charge in [-0.05, 0) is 18.9 Å². The molecule has 2 aliphatic carbocycles. The zero-order valence-electron chi connectivity index (χ0n) is 13.9. The number of fused-ring (bicyclic) bond motifs is 2. The van der Waals surface area contributed by atoms with Gasteiger partial charge in [-0.25, -0.2) is 9.59 Å². The maximum Gasteiger partial charge on any atom is 0.334 e. The van der Waals surface area contributed by atoms with Gasteiger partial charge in [0.1, 0.15) is 12.7 Å². The Morgan fingerprint density at radius 2 is 2.08 bits per heavy atom. The van der Waals surface area contributed by atoms with Crippen LogP contribution in [-0.4, -0.2) is 18.5 Å². The maximum atomic E-state index is 12.7. The van der Waals surface area contributed by atoms with Crippen LogP contribution in [-0.2, 0) is 19.1 Å². The molecule has 4 aliphatic rings. The van der Waals surface area contributed by atoms with Crippen LogP contribution < -0.4 is 0 Å². The Morgan fingerprint density at radius 3 is 2.88 bits per heavy atom. The molecule has 2 aliphatic heterocycles. The molecule has 2 fully saturated rings. The summed E-state index contributed by atoms with van der Waals surface area (Å²) in [4.78, 5) is 24.9. The molecule has 5 rings (SSSR count). The summed E-state index contributed by atoms with van der Waals surface area (Å²) in [6.07, 6.45) is 12.0. The van der Waals surface area contributed by atoms with Crippen molar-refractivity contribution in [3.05, 3.63) is 59.6 Å². The van der Waals surface area contributed by atoms with E-state index in [1.54, 1.807) is 12.5 Å². The molecule has 0 bridgehead atoms. The van der Waals surface area contributed by atoms with Crippen LogP contribution >= 0.6 is 0 Å². The monoisotopic (exact) mass is 338 g/mol. The van der Waals surface area contributed by atoms with Crippen LogP contribution in [0.1, 0.15) is 31.4 Å². The molecule has 1 spiro atoms. The standard InChI is InChI=1S/C20H18O5/c1-19-9-15(12-6-8-23-10-12)25-18(22)13(19)5-7-20-11-24-17(21)14(20)3-2-4-16(19)20/h2-6,8,10,15-16H,7,9,11H2,1H3/t15-,16?,19+,20-/m1/s1. The average Bonchev–Trinajstić information content (AvgIpc) is 3.23. The van der Waals surface area contributed by atoms with Crippen molar-refractivity contribution in [1.29, 1.82) is 0 Å². The number of carbonyl (C=O) groups excluding carboxylic acids is 2. The zero-order valence-corrected chi connectivity index (χ0v) is 13.9. The highest BCUT2D eigenvalue weighted by molar-refractivity contribution is 5.95. The molecule has 128 valence electrons. The summed E-state index contributed by atoms with van der Waals surface area (Å²) in [5.41, 5.74) is 1.52. The van der Waals surface area contributed by atoms with Crippen molar-refractivity contribution in [2.75, 3.05) is 6.61 Å². The first kappa shape index (κ1) is 14.8. The van der Waals surface area contributed by atoms with E-state index in [1.807, 2.05) is 24.3 Å². The van der Waals surface area contributed by atoms with Crippen molar-refractivity contribution in [2.45, 2.75) is 25.9 Å². The van der Waals surface area contributed by atoms with Gasteiger partial charge in [0.15, 0.2) is 0 Å². The zero-order chi connectivity index (χ0) is 17.2. The summed E-state index contributed by atoms with van der Waals surface area (Å²) in [6, 6.07) is 1.83. The smallest absolute Gasteiger partial charge is 0.334 e. The molecule has 1 unspecified atom stereocenters. The van der Waals surface area contributed by atoms with Gasteiger partial charge in [0, 0.05) is 33.5 Å². The number of esters is 2. The van der Waals surface area contributed by atoms with Gasteiger partial charge < -0.3 is 13.9 Å². The van der Waals surface area contributed by atoms with E-state index in [2.05, 4.69) is 13.0 Å². The lowest BCUT2D eigenvalue weighted by molar-refractivity contribution is -0.156. The van der Waals surface area contributed by atoms with Gasteiger partial charge in [-0.2, -0.15) is 0 Å². The Morgan fingerprint density at radius 1 is 1.20 bits per heavy atom. The number of allylic oxidation sites excluding steroid dienone is 4. The molecule has 0 radical (unpaired) electrons. The fourth-order valence-corrected chi connectivity index (χ4v) is 5.11. The topological polar surface area (TPSA) is 65.7 Å². The average molecular weight is 338 g/mol. The highest BCUT2D eigenvalue weighted by atomic mass is 16.5. The van der Waals surface area contributed by atoms with Crippen LogP contribution in [0.4, 0.5) is 0 Å². The lowest BCUT2D eigenvalue weighted by Crippen LogP contribution is -2.51. The van der Waals surface area contributed by atoms with Crippen molar-refractivity contribution in [3.63, 3.8) is 0 Å². The number of rotatable bonds is 1. The fourth-order valence-electron chi connectivity index (χ4n) is 5.11. The summed E-state index contributed by atoms with van der Waals surface area (Å²) in [5.74, 6) is -0.488. The van der Waals surface area contributed by atoms with Crippen LogP contribution in [0, 0.1) is 16.7 Å². The maximum absolute atomic E-state index is 12.7. The summed E-state index contributed by atoms with van der Waals surface area (Å²) in [5, 5.41) is 0. The molecular formula is C20H18O5. The van der Waals surface area contributed by atoms with Crippen LogP contribution in [0.25, 0.3) is 0 Å². The summed E-state index contributed by atoms with van der Waals surface area (Å²) < 4.78 is 16.2. The normalized spacial score (nSPS) is 38.8. The first-order valence-electron chi connectivity index (χ1n) is 8.54. The largest absolute Gasteiger partial charge is 0.472 e. The lowest BCUT2D eigenvalue weighted by Gasteiger charge is -2.53. The molecule has 2 saturated heterocycles. The fraction of sp³-hybridized carbons (Fsp3) is 0.400. The van der Waals surface area contributed by atoms with Crippen LogP contribution in [0.5, 0.6) is 0 Å². The third-order valence-corrected chi connectivity index (χ3v) is 6.34. The van der Waals surface area contributed by atoms with Crippen molar-refractivity contribution in [1.82, 2.24) is 0 Å². The first-order chi connectivity index (χ1) is 12.0. The molecule has 25 heavy (non-hydrogen) atoms. The van der Waals surface area contributed by atoms with Gasteiger partial charge in [-0.1, -0.05) is 31.2 Å². The van der Waals surface area contributed by atoms with Crippen LogP contribution in [0.3, 0.4) is 0 Å². The van der Waals surface area contributed by atoms with Crippen molar-refractivity contribution in [2.24, 2.45) is 16.7 Å². The summed E-state index contributed by atoms with van der Waals surface area (Å²) in [6.45, 7) is 2.48. The molecule has 0 aromatic carbocycles. The van der Waals surface area contributed by atoms with E-state index >= 15 is 0 Å². The first-order valence-corrected chi connectivity index (χ1v) is 8.54. The molecule has 0 amide bonds. The number of hydrogen-bond acceptors (Lipinski definition) is 5. The summed E-state index contributed by atoms with van der Waals surface area (Å²) in [7, 11) is 0. The number of furan rings is 1. The minimum absolute atomic E-state index is 0.0219. The molecule has 1 aromatic heterocycles. The second-order valence-electron chi connectivity index (χ2n) is 7.57. The van der Waals surface area contributed by atoms with E-state index in [0.29, 0.717) is 25.0 Å². The Kier molecular flexibility index (Phi) is 2.80. The SMILES string of the molecule is C[C@]12C[C@H](c3ccoc3)OC(=O)C1=CC[C@@]13COC(=O)C1=CC=CC32. The van der Waals surface area contributed by atoms with E-state index in [-0.39, 0.29) is 29.4 Å². The second kappa shape index (κ2) is 4.75. The quantitative estimate of drug-likeness (QED) is 0.735. The van der Waals surface area contributed by atoms with Crippen molar-refractivity contribution < 1.29 is 23.5 Å². The number of carbonyl (C=O) groups is 2. The van der Waals surface area contributed by atoms with Gasteiger partial charge >= 0.3 is 11.9 Å². The van der Waals surface area contributed by atoms with E-state index in [1.165, 1.54) is 0 Å². The van der Waals surface area contributed by atoms with Crippen LogP contribution in [0.2, 0.25) is 0 Å². The van der Waals surface area contributed by atoms with Gasteiger partial charge in [0.2, 0.25) is 0 Å². The number of hydrogen-bond donors (Lipinski definition) is 0. The predicted molar refractivity (Wildman–Crippen MR) is 87.1 cm³/mol. The Labute approximate surface area is 145 Å². The van der Waals surface area contributed by atoms with Crippen molar-refractivity contribution >= 4 is 11.9 Å². The lowest BCUT2D eigenvalue weighted by atomic mass is 9.50. The van der Waals surface area contributed by atoms with Crippen molar-refractivity contribution in [3.8, 4) is 0 Å². The number of ether oxygens (including phenoxy) is 2. The third kappa shape index (κ3) is 1.78. The molecular weight excluding hydrogens is 320 g/mol. The molecule has 0 saturated carbocycles. The number of cyclic esters (lactones) is 2. The Balaban J connectivity index is 1.62. The van der Waals surface area contributed by atoms with E-state index in [9.17, 15) is 9.59 Å². The Hall–Kier alpha value is -2.56. The van der Waals surface area contributed by atoms with Gasteiger partial charge in [0.05, 0.1) is 12.5 Å². The van der Waals surface area contributed by atoms with Gasteiger partial charge in [-0.3, -0.25) is 0 Å². The second-order valence-corrected chi connectivity index (χ2v) is 7.57. The predicted octanol–water partition coefficient (Wildman–Crippen LogP) is 3.26. The van der Waals surface area contributed by atoms with E-state index in [4.69, 9.17) is 13.9 Å². The molecule has 4 atom stereocenters. The molecule has 5 nitrogen and oxygen atoms in total. The molecule has 0 N–H and O–H groups in total. The molecule has 5 heteroatoms. The molecule has 3 heterocycles. The highest BCUT2D eigenvalue weighted by Crippen LogP contribution is 2.63. The minimum Gasteiger partial charge on any atom is -0.472 e. The third-order valence-electron chi connectivity index (χ3n) is 6.34. The van der Waals surface area contributed by atoms with Crippen LogP contribution in [0.15, 0.2) is 58.5 Å². The highest BCUT2D eigenvalue weighted by Gasteiger charge is 2.61. The van der Waals surface area contributed by atoms with Gasteiger partial charge in [-0.15, -0.1) is 0 Å². The Bertz CT molecular complexity index is 859.